The van der Waals surface area contributed by atoms with Gasteiger partial charge in [0.1, 0.15) is 0 Å². The topological polar surface area (TPSA) is 0 Å². The van der Waals surface area contributed by atoms with Crippen molar-refractivity contribution >= 4 is 39.4 Å². The number of benzene rings is 4. The van der Waals surface area contributed by atoms with Gasteiger partial charge in [-0.05, 0) is 0 Å². The third kappa shape index (κ3) is 3.70. The van der Waals surface area contributed by atoms with Crippen LogP contribution in [0.15, 0.2) is 84.9 Å². The number of hydrogen-bond donors (Lipinski definition) is 0. The number of fused-ring (bicyclic) bond motifs is 2. The van der Waals surface area contributed by atoms with Gasteiger partial charge in [-0.15, -0.1) is 0 Å². The molecule has 31 heavy (non-hydrogen) atoms. The van der Waals surface area contributed by atoms with Crippen LogP contribution in [0.2, 0.25) is 0 Å². The van der Waals surface area contributed by atoms with Crippen molar-refractivity contribution in [1.29, 1.82) is 0 Å². The normalized spacial score (nSPS) is 16.0. The molecule has 0 aliphatic heterocycles. The van der Waals surface area contributed by atoms with Crippen LogP contribution in [-0.4, -0.2) is 11.8 Å². The molecule has 1 aliphatic rings. The number of rotatable bonds is 6. The van der Waals surface area contributed by atoms with E-state index in [0.717, 1.165) is 5.66 Å². The molecular formula is C30H35P. The maximum atomic E-state index is 2.51. The van der Waals surface area contributed by atoms with Gasteiger partial charge >= 0.3 is 188 Å². The van der Waals surface area contributed by atoms with Crippen molar-refractivity contribution in [3.05, 3.63) is 84.9 Å². The van der Waals surface area contributed by atoms with Crippen LogP contribution >= 0.6 is 7.26 Å². The third-order valence-electron chi connectivity index (χ3n) is 7.77. The third-order valence-corrected chi connectivity index (χ3v) is 13.7. The molecule has 4 aromatic rings. The molecule has 0 amide bonds. The van der Waals surface area contributed by atoms with Gasteiger partial charge in [0.2, 0.25) is 0 Å². The van der Waals surface area contributed by atoms with Gasteiger partial charge in [0.15, 0.2) is 0 Å². The molecule has 0 unspecified atom stereocenters. The van der Waals surface area contributed by atoms with Gasteiger partial charge in [0.05, 0.1) is 0 Å². The van der Waals surface area contributed by atoms with Crippen molar-refractivity contribution in [2.24, 2.45) is 0 Å². The van der Waals surface area contributed by atoms with Crippen LogP contribution in [0.5, 0.6) is 0 Å². The Kier molecular flexibility index (Phi) is 6.10. The van der Waals surface area contributed by atoms with E-state index in [1.165, 1.54) is 72.7 Å². The fraction of sp³-hybridized carbons (Fsp3) is 0.333. The van der Waals surface area contributed by atoms with Crippen LogP contribution in [0, 0.1) is 0 Å². The molecular weight excluding hydrogens is 391 g/mol. The van der Waals surface area contributed by atoms with Crippen molar-refractivity contribution in [1.82, 2.24) is 0 Å². The van der Waals surface area contributed by atoms with Crippen LogP contribution in [0.4, 0.5) is 0 Å². The zero-order valence-corrected chi connectivity index (χ0v) is 19.8. The van der Waals surface area contributed by atoms with Gasteiger partial charge < -0.3 is 0 Å². The summed E-state index contributed by atoms with van der Waals surface area (Å²) in [6.07, 6.45) is 11.0. The second-order valence-corrected chi connectivity index (χ2v) is 13.8. The van der Waals surface area contributed by atoms with Crippen LogP contribution in [-0.2, 0) is 0 Å². The van der Waals surface area contributed by atoms with E-state index in [1.807, 2.05) is 0 Å². The van der Waals surface area contributed by atoms with E-state index in [9.17, 15) is 0 Å². The zero-order chi connectivity index (χ0) is 21.1. The van der Waals surface area contributed by atoms with Crippen molar-refractivity contribution in [3.8, 4) is 0 Å². The van der Waals surface area contributed by atoms with Crippen molar-refractivity contribution in [2.45, 2.75) is 57.5 Å². The predicted octanol–water partition coefficient (Wildman–Crippen LogP) is 7.83. The maximum absolute atomic E-state index is 2.51. The first-order chi connectivity index (χ1) is 15.3. The van der Waals surface area contributed by atoms with Crippen LogP contribution in [0.25, 0.3) is 21.5 Å². The minimum absolute atomic E-state index is 0.837. The molecule has 1 fully saturated rings. The first-order valence-corrected chi connectivity index (χ1v) is 14.6. The first kappa shape index (κ1) is 20.7. The Morgan fingerprint density at radius 3 is 1.71 bits per heavy atom. The molecule has 1 heteroatoms. The van der Waals surface area contributed by atoms with Crippen molar-refractivity contribution in [2.75, 3.05) is 6.16 Å². The molecule has 0 N–H and O–H groups in total. The molecule has 0 heterocycles. The number of unbranched alkanes of at least 4 members (excludes halogenated alkanes) is 1. The summed E-state index contributed by atoms with van der Waals surface area (Å²) in [5, 5.41) is 9.22. The van der Waals surface area contributed by atoms with Crippen LogP contribution in [0.1, 0.15) is 51.9 Å². The van der Waals surface area contributed by atoms with E-state index in [1.54, 1.807) is 10.6 Å². The van der Waals surface area contributed by atoms with Gasteiger partial charge in [-0.1, -0.05) is 0 Å². The van der Waals surface area contributed by atoms with Crippen LogP contribution in [0.3, 0.4) is 0 Å². The molecule has 0 bridgehead atoms. The van der Waals surface area contributed by atoms with Crippen LogP contribution < -0.4 is 10.6 Å². The summed E-state index contributed by atoms with van der Waals surface area (Å²) in [5.74, 6) is 0. The van der Waals surface area contributed by atoms with Gasteiger partial charge in [0.25, 0.3) is 0 Å². The molecule has 0 saturated heterocycles. The van der Waals surface area contributed by atoms with Crippen molar-refractivity contribution < 1.29 is 0 Å². The van der Waals surface area contributed by atoms with Gasteiger partial charge in [-0.2, -0.15) is 0 Å². The van der Waals surface area contributed by atoms with E-state index in [-0.39, 0.29) is 0 Å². The minimum atomic E-state index is -2.00. The zero-order valence-electron chi connectivity index (χ0n) is 18.8. The summed E-state index contributed by atoms with van der Waals surface area (Å²) >= 11 is 0. The molecule has 0 spiro atoms. The summed E-state index contributed by atoms with van der Waals surface area (Å²) in [6.45, 7) is 2.37. The van der Waals surface area contributed by atoms with E-state index < -0.39 is 7.26 Å². The van der Waals surface area contributed by atoms with E-state index >= 15 is 0 Å². The Morgan fingerprint density at radius 1 is 0.645 bits per heavy atom. The number of hydrogen-bond acceptors (Lipinski definition) is 0. The van der Waals surface area contributed by atoms with Crippen molar-refractivity contribution in [3.63, 3.8) is 0 Å². The summed E-state index contributed by atoms with van der Waals surface area (Å²) in [7, 11) is -2.00. The summed E-state index contributed by atoms with van der Waals surface area (Å²) in [4.78, 5) is 0. The molecule has 1 saturated carbocycles. The summed E-state index contributed by atoms with van der Waals surface area (Å²) < 4.78 is 0. The van der Waals surface area contributed by atoms with Gasteiger partial charge in [-0.3, -0.25) is 0 Å². The van der Waals surface area contributed by atoms with Gasteiger partial charge in [-0.25, -0.2) is 0 Å². The predicted molar refractivity (Wildman–Crippen MR) is 142 cm³/mol. The fourth-order valence-electron chi connectivity index (χ4n) is 6.34. The molecule has 0 atom stereocenters. The summed E-state index contributed by atoms with van der Waals surface area (Å²) in [6, 6.07) is 32.6. The average Bonchev–Trinajstić information content (AvgIpc) is 2.85. The van der Waals surface area contributed by atoms with E-state index in [2.05, 4.69) is 91.9 Å². The fourth-order valence-corrected chi connectivity index (χ4v) is 13.0. The standard InChI is InChI=1S/C30H35P/c1-2-3-23-31(26-17-5-4-6-18-26,29-21-11-15-24-13-7-9-19-27(24)29)30-22-12-16-25-14-8-10-20-28(25)30/h7-16,19-22,26,31H,2-6,17-18,23H2,1H3. The Balaban J connectivity index is 1.86. The second-order valence-electron chi connectivity index (χ2n) is 9.46. The summed E-state index contributed by atoms with van der Waals surface area (Å²) in [5.41, 5.74) is 0.837. The molecule has 160 valence electrons. The van der Waals surface area contributed by atoms with E-state index in [4.69, 9.17) is 0 Å². The monoisotopic (exact) mass is 426 g/mol. The Bertz CT molecular complexity index is 1080. The molecule has 0 aromatic heterocycles. The molecule has 5 rings (SSSR count). The average molecular weight is 427 g/mol. The Labute approximate surface area is 188 Å². The first-order valence-electron chi connectivity index (χ1n) is 12.3. The SMILES string of the molecule is CCCC[PH](c1cccc2ccccc12)(c1cccc2ccccc12)C1CCCCC1. The molecule has 0 nitrogen and oxygen atoms in total. The van der Waals surface area contributed by atoms with Gasteiger partial charge in [0, 0.05) is 0 Å². The molecule has 1 aliphatic carbocycles. The van der Waals surface area contributed by atoms with E-state index in [0.29, 0.717) is 0 Å². The Morgan fingerprint density at radius 2 is 1.16 bits per heavy atom. The Hall–Kier alpha value is -2.17. The molecule has 4 aromatic carbocycles. The second kappa shape index (κ2) is 9.13. The quantitative estimate of drug-likeness (QED) is 0.276. The molecule has 0 radical (unpaired) electrons.